The lowest BCUT2D eigenvalue weighted by molar-refractivity contribution is -0.109. The molecule has 1 aromatic rings. The number of carbonyl (C=O) groups is 1. The van der Waals surface area contributed by atoms with Crippen LogP contribution in [0.5, 0.6) is 5.75 Å². The van der Waals surface area contributed by atoms with Crippen LogP contribution >= 0.6 is 0 Å². The quantitative estimate of drug-likeness (QED) is 0.540. The minimum atomic E-state index is 0.0737. The SMILES string of the molecule is Cc1ccc(N)cc1OCC=O. The number of carbonyl (C=O) groups excluding carboxylic acids is 1. The summed E-state index contributed by atoms with van der Waals surface area (Å²) in [6.45, 7) is 1.98. The molecule has 3 heteroatoms. The van der Waals surface area contributed by atoms with E-state index in [1.165, 1.54) is 0 Å². The van der Waals surface area contributed by atoms with Crippen LogP contribution in [0.1, 0.15) is 5.56 Å². The summed E-state index contributed by atoms with van der Waals surface area (Å²) < 4.78 is 5.12. The Labute approximate surface area is 71.1 Å². The Kier molecular flexibility index (Phi) is 2.69. The summed E-state index contributed by atoms with van der Waals surface area (Å²) in [5.41, 5.74) is 7.15. The summed E-state index contributed by atoms with van der Waals surface area (Å²) in [7, 11) is 0. The van der Waals surface area contributed by atoms with Crippen molar-refractivity contribution >= 4 is 12.0 Å². The van der Waals surface area contributed by atoms with E-state index in [1.54, 1.807) is 12.1 Å². The highest BCUT2D eigenvalue weighted by molar-refractivity contribution is 5.53. The maximum absolute atomic E-state index is 10.0. The minimum Gasteiger partial charge on any atom is -0.486 e. The highest BCUT2D eigenvalue weighted by atomic mass is 16.5. The van der Waals surface area contributed by atoms with Gasteiger partial charge in [-0.3, -0.25) is 4.79 Å². The van der Waals surface area contributed by atoms with Gasteiger partial charge in [0.15, 0.2) is 6.29 Å². The van der Waals surface area contributed by atoms with E-state index in [0.29, 0.717) is 17.7 Å². The van der Waals surface area contributed by atoms with Crippen LogP contribution in [0.25, 0.3) is 0 Å². The van der Waals surface area contributed by atoms with E-state index in [9.17, 15) is 4.79 Å². The molecule has 64 valence electrons. The lowest BCUT2D eigenvalue weighted by atomic mass is 10.2. The Hall–Kier alpha value is -1.51. The molecule has 0 bridgehead atoms. The second-order valence-corrected chi connectivity index (χ2v) is 2.50. The molecule has 0 saturated heterocycles. The molecule has 1 aromatic carbocycles. The largest absolute Gasteiger partial charge is 0.486 e. The fraction of sp³-hybridized carbons (Fsp3) is 0.222. The van der Waals surface area contributed by atoms with Crippen LogP contribution in [0.3, 0.4) is 0 Å². The average molecular weight is 165 g/mol. The fourth-order valence-corrected chi connectivity index (χ4v) is 0.896. The van der Waals surface area contributed by atoms with E-state index in [4.69, 9.17) is 10.5 Å². The van der Waals surface area contributed by atoms with Gasteiger partial charge in [-0.25, -0.2) is 0 Å². The number of nitrogen functional groups attached to an aromatic ring is 1. The van der Waals surface area contributed by atoms with E-state index in [-0.39, 0.29) is 6.61 Å². The topological polar surface area (TPSA) is 52.3 Å². The number of anilines is 1. The first kappa shape index (κ1) is 8.59. The third-order valence-electron chi connectivity index (χ3n) is 1.52. The Bertz CT molecular complexity index is 284. The number of hydrogen-bond acceptors (Lipinski definition) is 3. The van der Waals surface area contributed by atoms with Gasteiger partial charge < -0.3 is 10.5 Å². The van der Waals surface area contributed by atoms with E-state index >= 15 is 0 Å². The maximum atomic E-state index is 10.0. The predicted octanol–water partition coefficient (Wildman–Crippen LogP) is 1.15. The predicted molar refractivity (Wildman–Crippen MR) is 47.2 cm³/mol. The third-order valence-corrected chi connectivity index (χ3v) is 1.52. The van der Waals surface area contributed by atoms with Crippen molar-refractivity contribution in [1.82, 2.24) is 0 Å². The molecule has 0 heterocycles. The zero-order valence-corrected chi connectivity index (χ0v) is 6.91. The number of benzene rings is 1. The van der Waals surface area contributed by atoms with Gasteiger partial charge in [-0.15, -0.1) is 0 Å². The van der Waals surface area contributed by atoms with Gasteiger partial charge in [0.1, 0.15) is 12.4 Å². The van der Waals surface area contributed by atoms with Crippen LogP contribution in [0.4, 0.5) is 5.69 Å². The molecule has 0 radical (unpaired) electrons. The summed E-state index contributed by atoms with van der Waals surface area (Å²) in [6, 6.07) is 5.36. The Morgan fingerprint density at radius 2 is 2.33 bits per heavy atom. The second-order valence-electron chi connectivity index (χ2n) is 2.50. The average Bonchev–Trinajstić information content (AvgIpc) is 2.07. The molecule has 0 atom stereocenters. The first-order valence-corrected chi connectivity index (χ1v) is 3.66. The van der Waals surface area contributed by atoms with Crippen molar-refractivity contribution in [3.05, 3.63) is 23.8 Å². The standard InChI is InChI=1S/C9H11NO2/c1-7-2-3-8(10)6-9(7)12-5-4-11/h2-4,6H,5,10H2,1H3. The third kappa shape index (κ3) is 1.99. The molecule has 12 heavy (non-hydrogen) atoms. The number of aldehydes is 1. The van der Waals surface area contributed by atoms with Gasteiger partial charge in [-0.05, 0) is 18.6 Å². The first-order chi connectivity index (χ1) is 5.74. The van der Waals surface area contributed by atoms with Crippen molar-refractivity contribution in [2.45, 2.75) is 6.92 Å². The van der Waals surface area contributed by atoms with Crippen LogP contribution in [0.15, 0.2) is 18.2 Å². The summed E-state index contributed by atoms with van der Waals surface area (Å²) >= 11 is 0. The Morgan fingerprint density at radius 3 is 3.00 bits per heavy atom. The molecule has 0 amide bonds. The molecule has 0 aliphatic carbocycles. The van der Waals surface area contributed by atoms with Gasteiger partial charge >= 0.3 is 0 Å². The zero-order valence-electron chi connectivity index (χ0n) is 6.91. The van der Waals surface area contributed by atoms with E-state index in [1.807, 2.05) is 13.0 Å². The Morgan fingerprint density at radius 1 is 1.58 bits per heavy atom. The van der Waals surface area contributed by atoms with Crippen molar-refractivity contribution in [2.75, 3.05) is 12.3 Å². The van der Waals surface area contributed by atoms with Crippen molar-refractivity contribution in [3.8, 4) is 5.75 Å². The molecule has 0 spiro atoms. The van der Waals surface area contributed by atoms with Crippen LogP contribution in [0, 0.1) is 6.92 Å². The molecule has 0 aromatic heterocycles. The molecule has 1 rings (SSSR count). The highest BCUT2D eigenvalue weighted by Crippen LogP contribution is 2.20. The lowest BCUT2D eigenvalue weighted by Gasteiger charge is -2.06. The van der Waals surface area contributed by atoms with Crippen LogP contribution in [-0.4, -0.2) is 12.9 Å². The second kappa shape index (κ2) is 3.76. The summed E-state index contributed by atoms with van der Waals surface area (Å²) in [6.07, 6.45) is 0.711. The van der Waals surface area contributed by atoms with E-state index in [0.717, 1.165) is 5.56 Å². The molecule has 3 nitrogen and oxygen atoms in total. The van der Waals surface area contributed by atoms with E-state index < -0.39 is 0 Å². The van der Waals surface area contributed by atoms with Crippen molar-refractivity contribution < 1.29 is 9.53 Å². The fourth-order valence-electron chi connectivity index (χ4n) is 0.896. The van der Waals surface area contributed by atoms with Gasteiger partial charge in [-0.2, -0.15) is 0 Å². The summed E-state index contributed by atoms with van der Waals surface area (Å²) in [5, 5.41) is 0. The van der Waals surface area contributed by atoms with Crippen LogP contribution < -0.4 is 10.5 Å². The number of ether oxygens (including phenoxy) is 1. The normalized spacial score (nSPS) is 9.42. The molecule has 0 fully saturated rings. The van der Waals surface area contributed by atoms with Crippen LogP contribution in [0.2, 0.25) is 0 Å². The smallest absolute Gasteiger partial charge is 0.157 e. The van der Waals surface area contributed by atoms with Crippen molar-refractivity contribution in [2.24, 2.45) is 0 Å². The monoisotopic (exact) mass is 165 g/mol. The molecular weight excluding hydrogens is 154 g/mol. The minimum absolute atomic E-state index is 0.0737. The van der Waals surface area contributed by atoms with Crippen molar-refractivity contribution in [3.63, 3.8) is 0 Å². The molecule has 0 unspecified atom stereocenters. The summed E-state index contributed by atoms with van der Waals surface area (Å²) in [4.78, 5) is 10.0. The number of hydrogen-bond donors (Lipinski definition) is 1. The first-order valence-electron chi connectivity index (χ1n) is 3.66. The summed E-state index contributed by atoms with van der Waals surface area (Å²) in [5.74, 6) is 0.669. The van der Waals surface area contributed by atoms with E-state index in [2.05, 4.69) is 0 Å². The van der Waals surface area contributed by atoms with Gasteiger partial charge in [0.05, 0.1) is 0 Å². The van der Waals surface area contributed by atoms with Crippen molar-refractivity contribution in [1.29, 1.82) is 0 Å². The van der Waals surface area contributed by atoms with Gasteiger partial charge in [-0.1, -0.05) is 6.07 Å². The molecule has 0 aliphatic rings. The van der Waals surface area contributed by atoms with Gasteiger partial charge in [0, 0.05) is 11.8 Å². The van der Waals surface area contributed by atoms with Gasteiger partial charge in [0.2, 0.25) is 0 Å². The Balaban J connectivity index is 2.82. The molecule has 0 aliphatic heterocycles. The highest BCUT2D eigenvalue weighted by Gasteiger charge is 1.98. The lowest BCUT2D eigenvalue weighted by Crippen LogP contribution is -1.99. The molecule has 0 saturated carbocycles. The zero-order chi connectivity index (χ0) is 8.97. The van der Waals surface area contributed by atoms with Crippen LogP contribution in [-0.2, 0) is 4.79 Å². The molecular formula is C9H11NO2. The number of aryl methyl sites for hydroxylation is 1. The van der Waals surface area contributed by atoms with Gasteiger partial charge in [0.25, 0.3) is 0 Å². The maximum Gasteiger partial charge on any atom is 0.157 e. The number of rotatable bonds is 3. The number of nitrogens with two attached hydrogens (primary N) is 1. The molecule has 2 N–H and O–H groups in total.